The van der Waals surface area contributed by atoms with Crippen molar-refractivity contribution in [2.45, 2.75) is 35.4 Å². The molecule has 0 bridgehead atoms. The van der Waals surface area contributed by atoms with Gasteiger partial charge in [-0.25, -0.2) is 4.98 Å². The van der Waals surface area contributed by atoms with E-state index in [1.807, 2.05) is 30.3 Å². The quantitative estimate of drug-likeness (QED) is 0.576. The summed E-state index contributed by atoms with van der Waals surface area (Å²) in [5.74, 6) is 0.716. The highest BCUT2D eigenvalue weighted by molar-refractivity contribution is 7.98. The first kappa shape index (κ1) is 17.0. The lowest BCUT2D eigenvalue weighted by atomic mass is 10.1. The fourth-order valence-electron chi connectivity index (χ4n) is 2.86. The predicted octanol–water partition coefficient (Wildman–Crippen LogP) is 1.40. The molecule has 3 heterocycles. The number of nitrogens with zero attached hydrogens (tertiary/aromatic N) is 3. The van der Waals surface area contributed by atoms with Crippen LogP contribution in [-0.4, -0.2) is 54.2 Å². The number of thioether (sulfide) groups is 1. The molecule has 1 unspecified atom stereocenters. The minimum atomic E-state index is -1.15. The maximum Gasteiger partial charge on any atom is 0.172 e. The standard InChI is InChI=1S/C16H17N3O4S2/c20-7-11-12(21)13(22)14(23-11)19-15-10(6-17-25-15)18-16(19)24-8-9-4-2-1-3-5-9/h1-6,11-14,20-22H,7-8H2/t11-,12-,13+,14?/m1/s1. The molecular formula is C16H17N3O4S2. The first-order chi connectivity index (χ1) is 12.2. The molecule has 3 N–H and O–H groups in total. The zero-order valence-corrected chi connectivity index (χ0v) is 14.7. The van der Waals surface area contributed by atoms with Crippen LogP contribution in [0.25, 0.3) is 10.3 Å². The van der Waals surface area contributed by atoms with E-state index in [0.717, 1.165) is 15.9 Å². The van der Waals surface area contributed by atoms with Gasteiger partial charge < -0.3 is 20.1 Å². The number of benzene rings is 1. The van der Waals surface area contributed by atoms with Gasteiger partial charge in [0.1, 0.15) is 28.7 Å². The first-order valence-corrected chi connectivity index (χ1v) is 9.56. The van der Waals surface area contributed by atoms with E-state index in [-0.39, 0.29) is 6.61 Å². The van der Waals surface area contributed by atoms with E-state index >= 15 is 0 Å². The van der Waals surface area contributed by atoms with Gasteiger partial charge in [0.15, 0.2) is 11.4 Å². The summed E-state index contributed by atoms with van der Waals surface area (Å²) in [6.07, 6.45) is -2.25. The number of rotatable bonds is 5. The molecule has 3 aromatic rings. The number of fused-ring (bicyclic) bond motifs is 1. The number of aliphatic hydroxyl groups is 3. The Morgan fingerprint density at radius 2 is 2.00 bits per heavy atom. The second-order valence-corrected chi connectivity index (χ2v) is 7.51. The maximum absolute atomic E-state index is 10.4. The molecule has 0 spiro atoms. The third-order valence-corrected chi connectivity index (χ3v) is 5.97. The lowest BCUT2D eigenvalue weighted by Crippen LogP contribution is -2.33. The average molecular weight is 379 g/mol. The molecule has 25 heavy (non-hydrogen) atoms. The van der Waals surface area contributed by atoms with Gasteiger partial charge in [0.25, 0.3) is 0 Å². The van der Waals surface area contributed by atoms with Crippen molar-refractivity contribution < 1.29 is 20.1 Å². The second kappa shape index (κ2) is 7.02. The topological polar surface area (TPSA) is 101 Å². The van der Waals surface area contributed by atoms with Crippen LogP contribution in [0.2, 0.25) is 0 Å². The second-order valence-electron chi connectivity index (χ2n) is 5.78. The monoisotopic (exact) mass is 379 g/mol. The molecule has 2 aromatic heterocycles. The predicted molar refractivity (Wildman–Crippen MR) is 94.4 cm³/mol. The fraction of sp³-hybridized carbons (Fsp3) is 0.375. The molecule has 1 aromatic carbocycles. The van der Waals surface area contributed by atoms with Gasteiger partial charge in [0, 0.05) is 5.75 Å². The third-order valence-electron chi connectivity index (χ3n) is 4.16. The van der Waals surface area contributed by atoms with Gasteiger partial charge in [-0.2, -0.15) is 4.37 Å². The highest BCUT2D eigenvalue weighted by Gasteiger charge is 2.44. The Morgan fingerprint density at radius 1 is 1.20 bits per heavy atom. The number of imidazole rings is 1. The minimum Gasteiger partial charge on any atom is -0.394 e. The van der Waals surface area contributed by atoms with Gasteiger partial charge >= 0.3 is 0 Å². The van der Waals surface area contributed by atoms with Crippen LogP contribution in [0.1, 0.15) is 11.8 Å². The van der Waals surface area contributed by atoms with Crippen LogP contribution >= 0.6 is 23.3 Å². The SMILES string of the molecule is OC[C@H]1OC(n2c(SCc3ccccc3)nc3cnsc32)[C@@H](O)[C@@H]1O. The number of ether oxygens (including phenoxy) is 1. The van der Waals surface area contributed by atoms with E-state index in [4.69, 9.17) is 4.74 Å². The molecule has 1 aliphatic rings. The van der Waals surface area contributed by atoms with E-state index in [2.05, 4.69) is 9.36 Å². The van der Waals surface area contributed by atoms with E-state index < -0.39 is 24.5 Å². The lowest BCUT2D eigenvalue weighted by Gasteiger charge is -2.18. The summed E-state index contributed by atoms with van der Waals surface area (Å²) in [4.78, 5) is 5.35. The zero-order valence-electron chi connectivity index (χ0n) is 13.1. The van der Waals surface area contributed by atoms with E-state index in [0.29, 0.717) is 10.9 Å². The highest BCUT2D eigenvalue weighted by Crippen LogP contribution is 2.37. The Bertz CT molecular complexity index is 854. The molecule has 7 nitrogen and oxygen atoms in total. The molecule has 132 valence electrons. The zero-order chi connectivity index (χ0) is 17.4. The number of hydrogen-bond donors (Lipinski definition) is 3. The van der Waals surface area contributed by atoms with Crippen molar-refractivity contribution in [3.05, 3.63) is 42.1 Å². The van der Waals surface area contributed by atoms with Crippen LogP contribution in [0.5, 0.6) is 0 Å². The van der Waals surface area contributed by atoms with Crippen molar-refractivity contribution in [1.29, 1.82) is 0 Å². The van der Waals surface area contributed by atoms with Crippen LogP contribution in [0.4, 0.5) is 0 Å². The Kier molecular flexibility index (Phi) is 4.76. The van der Waals surface area contributed by atoms with Gasteiger partial charge in [-0.05, 0) is 17.1 Å². The summed E-state index contributed by atoms with van der Waals surface area (Å²) < 4.78 is 11.6. The summed E-state index contributed by atoms with van der Waals surface area (Å²) >= 11 is 2.78. The summed E-state index contributed by atoms with van der Waals surface area (Å²) in [7, 11) is 0. The Hall–Kier alpha value is -1.49. The van der Waals surface area contributed by atoms with Crippen LogP contribution in [0.3, 0.4) is 0 Å². The molecule has 0 radical (unpaired) electrons. The van der Waals surface area contributed by atoms with Crippen molar-refractivity contribution in [2.75, 3.05) is 6.61 Å². The highest BCUT2D eigenvalue weighted by atomic mass is 32.2. The Labute approximate surface area is 152 Å². The fourth-order valence-corrected chi connectivity index (χ4v) is 4.62. The van der Waals surface area contributed by atoms with Crippen LogP contribution < -0.4 is 0 Å². The smallest absolute Gasteiger partial charge is 0.172 e. The summed E-state index contributed by atoms with van der Waals surface area (Å²) in [6.45, 7) is -0.359. The van der Waals surface area contributed by atoms with Crippen molar-refractivity contribution >= 4 is 33.6 Å². The Balaban J connectivity index is 1.66. The third kappa shape index (κ3) is 3.07. The van der Waals surface area contributed by atoms with Crippen LogP contribution in [0, 0.1) is 0 Å². The lowest BCUT2D eigenvalue weighted by molar-refractivity contribution is -0.0543. The normalized spacial score (nSPS) is 26.5. The van der Waals surface area contributed by atoms with E-state index in [9.17, 15) is 15.3 Å². The summed E-state index contributed by atoms with van der Waals surface area (Å²) in [6, 6.07) is 10.0. The number of hydrogen-bond acceptors (Lipinski definition) is 8. The molecule has 4 rings (SSSR count). The molecular weight excluding hydrogens is 362 g/mol. The molecule has 9 heteroatoms. The largest absolute Gasteiger partial charge is 0.394 e. The van der Waals surface area contributed by atoms with E-state index in [1.165, 1.54) is 23.3 Å². The van der Waals surface area contributed by atoms with Gasteiger partial charge in [-0.15, -0.1) is 0 Å². The van der Waals surface area contributed by atoms with Crippen molar-refractivity contribution in [1.82, 2.24) is 13.9 Å². The van der Waals surface area contributed by atoms with Crippen molar-refractivity contribution in [3.8, 4) is 0 Å². The van der Waals surface area contributed by atoms with Crippen LogP contribution in [-0.2, 0) is 10.5 Å². The average Bonchev–Trinajstić information content (AvgIpc) is 3.29. The van der Waals surface area contributed by atoms with Crippen LogP contribution in [0.15, 0.2) is 41.7 Å². The number of aromatic nitrogens is 3. The van der Waals surface area contributed by atoms with E-state index in [1.54, 1.807) is 10.8 Å². The van der Waals surface area contributed by atoms with Crippen molar-refractivity contribution in [3.63, 3.8) is 0 Å². The molecule has 0 amide bonds. The molecule has 0 aliphatic carbocycles. The summed E-state index contributed by atoms with van der Waals surface area (Å²) in [5, 5.41) is 30.4. The van der Waals surface area contributed by atoms with Gasteiger partial charge in [0.2, 0.25) is 0 Å². The molecule has 1 aliphatic heterocycles. The molecule has 1 saturated heterocycles. The number of aliphatic hydroxyl groups excluding tert-OH is 3. The minimum absolute atomic E-state index is 0.359. The van der Waals surface area contributed by atoms with Gasteiger partial charge in [-0.1, -0.05) is 42.1 Å². The maximum atomic E-state index is 10.4. The Morgan fingerprint density at radius 3 is 2.72 bits per heavy atom. The molecule has 0 saturated carbocycles. The van der Waals surface area contributed by atoms with Gasteiger partial charge in [-0.3, -0.25) is 4.57 Å². The molecule has 1 fully saturated rings. The summed E-state index contributed by atoms with van der Waals surface area (Å²) in [5.41, 5.74) is 1.88. The van der Waals surface area contributed by atoms with Crippen molar-refractivity contribution in [2.24, 2.45) is 0 Å². The molecule has 4 atom stereocenters. The first-order valence-electron chi connectivity index (χ1n) is 7.81. The van der Waals surface area contributed by atoms with Gasteiger partial charge in [0.05, 0.1) is 12.8 Å².